The summed E-state index contributed by atoms with van der Waals surface area (Å²) in [5.74, 6) is 0. The van der Waals surface area contributed by atoms with Crippen LogP contribution in [-0.4, -0.2) is 30.8 Å². The Morgan fingerprint density at radius 2 is 2.00 bits per heavy atom. The fraction of sp³-hybridized carbons (Fsp3) is 1.00. The molecule has 1 N–H and O–H groups in total. The number of hydrogen-bond acceptors (Lipinski definition) is 4. The van der Waals surface area contributed by atoms with Gasteiger partial charge in [0.25, 0.3) is 0 Å². The van der Waals surface area contributed by atoms with Gasteiger partial charge in [0.05, 0.1) is 6.54 Å². The molecule has 0 aromatic carbocycles. The second kappa shape index (κ2) is 6.05. The fourth-order valence-electron chi connectivity index (χ4n) is 1.52. The molecule has 1 aliphatic rings. The first-order valence-corrected chi connectivity index (χ1v) is 5.20. The predicted octanol–water partition coefficient (Wildman–Crippen LogP) is 1.80. The van der Waals surface area contributed by atoms with E-state index in [0.717, 1.165) is 19.6 Å². The first-order chi connectivity index (χ1) is 6.33. The molecule has 0 radical (unpaired) electrons. The van der Waals surface area contributed by atoms with Gasteiger partial charge in [0.15, 0.2) is 0 Å². The third kappa shape index (κ3) is 4.33. The topological polar surface area (TPSA) is 40.0 Å². The van der Waals surface area contributed by atoms with Crippen molar-refractivity contribution in [1.29, 1.82) is 0 Å². The van der Waals surface area contributed by atoms with Crippen molar-refractivity contribution in [2.75, 3.05) is 19.6 Å². The van der Waals surface area contributed by atoms with E-state index in [4.69, 9.17) is 0 Å². The Balaban J connectivity index is 2.18. The van der Waals surface area contributed by atoms with E-state index in [1.165, 1.54) is 19.3 Å². The Bertz CT molecular complexity index is 152. The highest BCUT2D eigenvalue weighted by Gasteiger charge is 2.11. The number of nitrogens with one attached hydrogen (secondary N) is 1. The van der Waals surface area contributed by atoms with E-state index >= 15 is 0 Å². The van der Waals surface area contributed by atoms with Gasteiger partial charge in [0.1, 0.15) is 6.17 Å². The van der Waals surface area contributed by atoms with E-state index in [2.05, 4.69) is 20.7 Å². The number of piperidine rings is 1. The predicted molar refractivity (Wildman–Crippen MR) is 53.4 cm³/mol. The molecule has 1 rings (SSSR count). The molecule has 76 valence electrons. The Kier molecular flexibility index (Phi) is 4.93. The molecule has 1 heterocycles. The van der Waals surface area contributed by atoms with Crippen LogP contribution in [0.15, 0.2) is 10.2 Å². The second-order valence-electron chi connectivity index (χ2n) is 3.43. The van der Waals surface area contributed by atoms with Crippen molar-refractivity contribution in [3.63, 3.8) is 0 Å². The van der Waals surface area contributed by atoms with E-state index in [-0.39, 0.29) is 6.17 Å². The number of hydrazine groups is 1. The summed E-state index contributed by atoms with van der Waals surface area (Å²) in [6.07, 6.45) is 4.08. The van der Waals surface area contributed by atoms with Gasteiger partial charge < -0.3 is 0 Å². The summed E-state index contributed by atoms with van der Waals surface area (Å²) >= 11 is 0. The van der Waals surface area contributed by atoms with E-state index < -0.39 is 0 Å². The van der Waals surface area contributed by atoms with Gasteiger partial charge in [-0.25, -0.2) is 10.4 Å². The van der Waals surface area contributed by atoms with Gasteiger partial charge in [0.2, 0.25) is 0 Å². The Morgan fingerprint density at radius 3 is 2.62 bits per heavy atom. The zero-order valence-electron chi connectivity index (χ0n) is 8.66. The van der Waals surface area contributed by atoms with Crippen LogP contribution in [-0.2, 0) is 0 Å². The smallest absolute Gasteiger partial charge is 0.130 e. The highest BCUT2D eigenvalue weighted by atomic mass is 15.5. The number of azo groups is 1. The zero-order chi connectivity index (χ0) is 9.52. The maximum atomic E-state index is 4.11. The Morgan fingerprint density at radius 1 is 1.31 bits per heavy atom. The van der Waals surface area contributed by atoms with E-state index in [1.54, 1.807) is 0 Å². The summed E-state index contributed by atoms with van der Waals surface area (Å²) in [7, 11) is 0. The molecule has 0 aliphatic carbocycles. The average molecular weight is 184 g/mol. The lowest BCUT2D eigenvalue weighted by Crippen LogP contribution is -2.45. The quantitative estimate of drug-likeness (QED) is 0.677. The zero-order valence-corrected chi connectivity index (χ0v) is 8.66. The summed E-state index contributed by atoms with van der Waals surface area (Å²) in [6.45, 7) is 7.09. The minimum absolute atomic E-state index is 0.123. The fourth-order valence-corrected chi connectivity index (χ4v) is 1.52. The van der Waals surface area contributed by atoms with Crippen LogP contribution < -0.4 is 5.43 Å². The van der Waals surface area contributed by atoms with Crippen molar-refractivity contribution in [2.24, 2.45) is 10.2 Å². The van der Waals surface area contributed by atoms with E-state index in [1.807, 2.05) is 13.8 Å². The van der Waals surface area contributed by atoms with Crippen LogP contribution in [0.25, 0.3) is 0 Å². The monoisotopic (exact) mass is 184 g/mol. The summed E-state index contributed by atoms with van der Waals surface area (Å²) in [4.78, 5) is 0. The summed E-state index contributed by atoms with van der Waals surface area (Å²) in [5, 5.41) is 10.3. The largest absolute Gasteiger partial charge is 0.242 e. The van der Waals surface area contributed by atoms with Gasteiger partial charge in [-0.15, -0.1) is 0 Å². The molecule has 0 saturated carbocycles. The molecule has 13 heavy (non-hydrogen) atoms. The van der Waals surface area contributed by atoms with Gasteiger partial charge in [-0.05, 0) is 26.7 Å². The molecule has 0 unspecified atom stereocenters. The summed E-state index contributed by atoms with van der Waals surface area (Å²) < 4.78 is 0. The standard InChI is InChI=1S/C9H20N4/c1-3-10-11-9(2)12-13-7-5-4-6-8-13/h9,12H,3-8H2,1-2H3/t9-/m1/s1. The van der Waals surface area contributed by atoms with Gasteiger partial charge in [-0.2, -0.15) is 10.2 Å². The summed E-state index contributed by atoms with van der Waals surface area (Å²) in [5.41, 5.74) is 3.33. The number of hydrogen-bond donors (Lipinski definition) is 1. The highest BCUT2D eigenvalue weighted by Crippen LogP contribution is 2.06. The summed E-state index contributed by atoms with van der Waals surface area (Å²) in [6, 6.07) is 0. The van der Waals surface area contributed by atoms with Crippen LogP contribution in [0.2, 0.25) is 0 Å². The van der Waals surface area contributed by atoms with Crippen LogP contribution in [0.3, 0.4) is 0 Å². The lowest BCUT2D eigenvalue weighted by atomic mass is 10.2. The molecule has 1 atom stereocenters. The molecule has 1 saturated heterocycles. The highest BCUT2D eigenvalue weighted by molar-refractivity contribution is 4.62. The van der Waals surface area contributed by atoms with Crippen LogP contribution in [0.4, 0.5) is 0 Å². The molecule has 0 aromatic rings. The average Bonchev–Trinajstić information content (AvgIpc) is 2.16. The van der Waals surface area contributed by atoms with Gasteiger partial charge in [-0.3, -0.25) is 0 Å². The van der Waals surface area contributed by atoms with Crippen molar-refractivity contribution >= 4 is 0 Å². The van der Waals surface area contributed by atoms with Crippen molar-refractivity contribution in [3.05, 3.63) is 0 Å². The van der Waals surface area contributed by atoms with Crippen LogP contribution in [0, 0.1) is 0 Å². The molecule has 4 heteroatoms. The molecule has 0 bridgehead atoms. The minimum Gasteiger partial charge on any atom is -0.242 e. The minimum atomic E-state index is 0.123. The first kappa shape index (κ1) is 10.6. The SMILES string of the molecule is CCN=N[C@@H](C)NN1CCCCC1. The molecule has 4 nitrogen and oxygen atoms in total. The third-order valence-corrected chi connectivity index (χ3v) is 2.12. The van der Waals surface area contributed by atoms with Crippen LogP contribution in [0.5, 0.6) is 0 Å². The third-order valence-electron chi connectivity index (χ3n) is 2.12. The molecule has 1 aliphatic heterocycles. The van der Waals surface area contributed by atoms with E-state index in [9.17, 15) is 0 Å². The molecule has 0 aromatic heterocycles. The van der Waals surface area contributed by atoms with Crippen LogP contribution in [0.1, 0.15) is 33.1 Å². The molecule has 0 amide bonds. The lowest BCUT2D eigenvalue weighted by Gasteiger charge is -2.28. The maximum Gasteiger partial charge on any atom is 0.130 e. The van der Waals surface area contributed by atoms with Crippen molar-refractivity contribution in [3.8, 4) is 0 Å². The Labute approximate surface area is 80.4 Å². The molecule has 0 spiro atoms. The van der Waals surface area contributed by atoms with Crippen LogP contribution >= 0.6 is 0 Å². The van der Waals surface area contributed by atoms with Crippen molar-refractivity contribution in [1.82, 2.24) is 10.4 Å². The van der Waals surface area contributed by atoms with Gasteiger partial charge in [0, 0.05) is 13.1 Å². The van der Waals surface area contributed by atoms with Crippen molar-refractivity contribution < 1.29 is 0 Å². The van der Waals surface area contributed by atoms with Gasteiger partial charge in [-0.1, -0.05) is 6.42 Å². The lowest BCUT2D eigenvalue weighted by molar-refractivity contribution is 0.133. The van der Waals surface area contributed by atoms with Gasteiger partial charge >= 0.3 is 0 Å². The van der Waals surface area contributed by atoms with Crippen molar-refractivity contribution in [2.45, 2.75) is 39.3 Å². The second-order valence-corrected chi connectivity index (χ2v) is 3.43. The molecule has 1 fully saturated rings. The number of rotatable bonds is 4. The molecular weight excluding hydrogens is 164 g/mol. The maximum absolute atomic E-state index is 4.11. The normalized spacial score (nSPS) is 22.3. The van der Waals surface area contributed by atoms with E-state index in [0.29, 0.717) is 0 Å². The first-order valence-electron chi connectivity index (χ1n) is 5.20. The number of nitrogens with zero attached hydrogens (tertiary/aromatic N) is 3. The molecular formula is C9H20N4. The Hall–Kier alpha value is -0.480.